The number of hydrogen-bond donors (Lipinski definition) is 2. The standard InChI is InChI=1S/C17H17F3N4OS2/c1-7-6-26-15(22-7)24-13(25)12-11(21)10-8(17(18,19)20)5-9(16(2,3)4)23-14(10)27-12/h5-6H,21H2,1-4H3,(H,22,24,25). The van der Waals surface area contributed by atoms with Crippen molar-refractivity contribution < 1.29 is 18.0 Å². The molecule has 0 saturated carbocycles. The molecule has 3 rings (SSSR count). The van der Waals surface area contributed by atoms with Crippen LogP contribution in [0.4, 0.5) is 24.0 Å². The van der Waals surface area contributed by atoms with E-state index >= 15 is 0 Å². The van der Waals surface area contributed by atoms with Gasteiger partial charge in [-0.3, -0.25) is 10.1 Å². The number of rotatable bonds is 2. The van der Waals surface area contributed by atoms with E-state index in [1.165, 1.54) is 11.3 Å². The number of nitrogens with one attached hydrogen (secondary N) is 1. The molecule has 1 amide bonds. The number of hydrogen-bond acceptors (Lipinski definition) is 6. The number of nitrogens with two attached hydrogens (primary N) is 1. The van der Waals surface area contributed by atoms with Gasteiger partial charge in [0.15, 0.2) is 5.13 Å². The number of amides is 1. The molecule has 5 nitrogen and oxygen atoms in total. The van der Waals surface area contributed by atoms with E-state index in [0.717, 1.165) is 23.1 Å². The predicted molar refractivity (Wildman–Crippen MR) is 103 cm³/mol. The summed E-state index contributed by atoms with van der Waals surface area (Å²) in [7, 11) is 0. The van der Waals surface area contributed by atoms with E-state index in [1.807, 2.05) is 0 Å². The number of anilines is 2. The van der Waals surface area contributed by atoms with Crippen molar-refractivity contribution in [2.75, 3.05) is 11.1 Å². The minimum absolute atomic E-state index is 0.0121. The highest BCUT2D eigenvalue weighted by Gasteiger charge is 2.37. The summed E-state index contributed by atoms with van der Waals surface area (Å²) in [5, 5.41) is 4.45. The Hall–Kier alpha value is -2.20. The van der Waals surface area contributed by atoms with Crippen molar-refractivity contribution in [2.45, 2.75) is 39.3 Å². The molecule has 0 aromatic carbocycles. The smallest absolute Gasteiger partial charge is 0.397 e. The van der Waals surface area contributed by atoms with Crippen LogP contribution in [-0.2, 0) is 11.6 Å². The maximum Gasteiger partial charge on any atom is 0.417 e. The number of carbonyl (C=O) groups excluding carboxylic acids is 1. The van der Waals surface area contributed by atoms with Crippen LogP contribution >= 0.6 is 22.7 Å². The molecule has 0 aliphatic carbocycles. The monoisotopic (exact) mass is 414 g/mol. The Morgan fingerprint density at radius 2 is 1.89 bits per heavy atom. The third-order valence-electron chi connectivity index (χ3n) is 3.82. The maximum atomic E-state index is 13.6. The van der Waals surface area contributed by atoms with Gasteiger partial charge in [-0.1, -0.05) is 20.8 Å². The van der Waals surface area contributed by atoms with Crippen molar-refractivity contribution >= 4 is 49.6 Å². The molecule has 3 aromatic heterocycles. The molecule has 3 aromatic rings. The number of pyridine rings is 1. The Bertz CT molecular complexity index is 1030. The molecule has 0 atom stereocenters. The minimum Gasteiger partial charge on any atom is -0.397 e. The number of thiophene rings is 1. The molecule has 0 radical (unpaired) electrons. The van der Waals surface area contributed by atoms with E-state index in [2.05, 4.69) is 15.3 Å². The van der Waals surface area contributed by atoms with Gasteiger partial charge in [0, 0.05) is 21.9 Å². The van der Waals surface area contributed by atoms with E-state index in [1.54, 1.807) is 33.1 Å². The Balaban J connectivity index is 2.16. The van der Waals surface area contributed by atoms with Gasteiger partial charge in [-0.15, -0.1) is 22.7 Å². The Morgan fingerprint density at radius 1 is 1.22 bits per heavy atom. The van der Waals surface area contributed by atoms with Crippen LogP contribution in [-0.4, -0.2) is 15.9 Å². The average molecular weight is 414 g/mol. The lowest BCUT2D eigenvalue weighted by Gasteiger charge is -2.20. The van der Waals surface area contributed by atoms with Crippen LogP contribution in [0.5, 0.6) is 0 Å². The molecule has 0 aliphatic rings. The van der Waals surface area contributed by atoms with Crippen molar-refractivity contribution in [1.82, 2.24) is 9.97 Å². The highest BCUT2D eigenvalue weighted by Crippen LogP contribution is 2.43. The van der Waals surface area contributed by atoms with E-state index in [-0.39, 0.29) is 26.5 Å². The molecule has 0 fully saturated rings. The number of aryl methyl sites for hydroxylation is 1. The van der Waals surface area contributed by atoms with Gasteiger partial charge in [-0.2, -0.15) is 13.2 Å². The number of alkyl halides is 3. The number of carbonyl (C=O) groups is 1. The van der Waals surface area contributed by atoms with Crippen LogP contribution in [0.3, 0.4) is 0 Å². The molecule has 0 spiro atoms. The summed E-state index contributed by atoms with van der Waals surface area (Å²) in [6.45, 7) is 7.09. The van der Waals surface area contributed by atoms with Crippen LogP contribution < -0.4 is 11.1 Å². The van der Waals surface area contributed by atoms with Crippen molar-refractivity contribution in [3.05, 3.63) is 33.3 Å². The molecule has 0 unspecified atom stereocenters. The van der Waals surface area contributed by atoms with Gasteiger partial charge in [-0.05, 0) is 13.0 Å². The number of nitrogens with zero attached hydrogens (tertiary/aromatic N) is 2. The quantitative estimate of drug-likeness (QED) is 0.603. The fourth-order valence-corrected chi connectivity index (χ4v) is 4.16. The van der Waals surface area contributed by atoms with Crippen LogP contribution in [0.25, 0.3) is 10.2 Å². The highest BCUT2D eigenvalue weighted by atomic mass is 32.1. The summed E-state index contributed by atoms with van der Waals surface area (Å²) >= 11 is 2.07. The first-order chi connectivity index (χ1) is 12.4. The third-order valence-corrected chi connectivity index (χ3v) is 5.79. The molecular formula is C17H17F3N4OS2. The molecule has 144 valence electrons. The lowest BCUT2D eigenvalue weighted by molar-refractivity contribution is -0.136. The Morgan fingerprint density at radius 3 is 2.41 bits per heavy atom. The first-order valence-corrected chi connectivity index (χ1v) is 9.61. The predicted octanol–water partition coefficient (Wildman–Crippen LogP) is 5.21. The lowest BCUT2D eigenvalue weighted by atomic mass is 9.90. The molecule has 3 N–H and O–H groups in total. The van der Waals surface area contributed by atoms with Gasteiger partial charge in [0.25, 0.3) is 5.91 Å². The summed E-state index contributed by atoms with van der Waals surface area (Å²) in [6, 6.07) is 1.01. The van der Waals surface area contributed by atoms with E-state index in [0.29, 0.717) is 5.13 Å². The van der Waals surface area contributed by atoms with E-state index < -0.39 is 23.1 Å². The van der Waals surface area contributed by atoms with Crippen LogP contribution in [0.2, 0.25) is 0 Å². The van der Waals surface area contributed by atoms with Gasteiger partial charge in [0.05, 0.1) is 16.9 Å². The Kier molecular flexibility index (Phi) is 4.67. The zero-order valence-corrected chi connectivity index (χ0v) is 16.6. The van der Waals surface area contributed by atoms with Gasteiger partial charge >= 0.3 is 6.18 Å². The minimum atomic E-state index is -4.61. The molecule has 0 aliphatic heterocycles. The third kappa shape index (κ3) is 3.77. The molecule has 0 saturated heterocycles. The number of halogens is 3. The zero-order valence-electron chi connectivity index (χ0n) is 15.0. The number of nitrogen functional groups attached to an aromatic ring is 1. The highest BCUT2D eigenvalue weighted by molar-refractivity contribution is 7.21. The molecule has 0 bridgehead atoms. The van der Waals surface area contributed by atoms with Gasteiger partial charge in [0.2, 0.25) is 0 Å². The Labute approximate surface area is 161 Å². The lowest BCUT2D eigenvalue weighted by Crippen LogP contribution is -2.16. The topological polar surface area (TPSA) is 80.9 Å². The van der Waals surface area contributed by atoms with Crippen molar-refractivity contribution in [3.8, 4) is 0 Å². The number of thiazole rings is 1. The van der Waals surface area contributed by atoms with Crippen LogP contribution in [0.15, 0.2) is 11.4 Å². The fourth-order valence-electron chi connectivity index (χ4n) is 2.46. The summed E-state index contributed by atoms with van der Waals surface area (Å²) in [5.41, 5.74) is 5.27. The van der Waals surface area contributed by atoms with Gasteiger partial charge in [-0.25, -0.2) is 9.97 Å². The first-order valence-electron chi connectivity index (χ1n) is 7.92. The fraction of sp³-hybridized carbons (Fsp3) is 0.353. The first kappa shape index (κ1) is 19.6. The molecule has 10 heteroatoms. The number of fused-ring (bicyclic) bond motifs is 1. The van der Waals surface area contributed by atoms with Crippen molar-refractivity contribution in [3.63, 3.8) is 0 Å². The maximum absolute atomic E-state index is 13.6. The molecule has 27 heavy (non-hydrogen) atoms. The molecule has 3 heterocycles. The van der Waals surface area contributed by atoms with E-state index in [4.69, 9.17) is 5.73 Å². The summed E-state index contributed by atoms with van der Waals surface area (Å²) in [6.07, 6.45) is -4.61. The summed E-state index contributed by atoms with van der Waals surface area (Å²) in [5.74, 6) is -0.602. The zero-order chi connectivity index (χ0) is 20.1. The van der Waals surface area contributed by atoms with Gasteiger partial charge in [0.1, 0.15) is 9.71 Å². The van der Waals surface area contributed by atoms with Crippen molar-refractivity contribution in [2.24, 2.45) is 0 Å². The summed E-state index contributed by atoms with van der Waals surface area (Å²) in [4.78, 5) is 21.1. The second-order valence-corrected chi connectivity index (χ2v) is 8.93. The summed E-state index contributed by atoms with van der Waals surface area (Å²) < 4.78 is 40.9. The second kappa shape index (κ2) is 6.45. The second-order valence-electron chi connectivity index (χ2n) is 7.08. The van der Waals surface area contributed by atoms with Gasteiger partial charge < -0.3 is 5.73 Å². The number of aromatic nitrogens is 2. The SMILES string of the molecule is Cc1csc(NC(=O)c2sc3nc(C(C)(C)C)cc(C(F)(F)F)c3c2N)n1. The van der Waals surface area contributed by atoms with E-state index in [9.17, 15) is 18.0 Å². The van der Waals surface area contributed by atoms with Crippen molar-refractivity contribution in [1.29, 1.82) is 0 Å². The average Bonchev–Trinajstić information content (AvgIpc) is 3.08. The largest absolute Gasteiger partial charge is 0.417 e. The molecular weight excluding hydrogens is 397 g/mol. The normalized spacial score (nSPS) is 12.6. The van der Waals surface area contributed by atoms with Crippen LogP contribution in [0, 0.1) is 6.92 Å². The van der Waals surface area contributed by atoms with Crippen LogP contribution in [0.1, 0.15) is 47.4 Å².